The van der Waals surface area contributed by atoms with Crippen molar-refractivity contribution in [2.45, 2.75) is 19.9 Å². The van der Waals surface area contributed by atoms with E-state index in [9.17, 15) is 4.79 Å². The average Bonchev–Trinajstić information content (AvgIpc) is 2.30. The second-order valence-corrected chi connectivity index (χ2v) is 4.04. The van der Waals surface area contributed by atoms with Crippen molar-refractivity contribution < 1.29 is 4.79 Å². The molecule has 1 N–H and O–H groups in total. The Morgan fingerprint density at radius 1 is 1.44 bits per heavy atom. The number of rotatable bonds is 4. The first-order valence-corrected chi connectivity index (χ1v) is 5.80. The number of likely N-dealkylation sites (N-methyl/N-ethyl adjacent to an activating group) is 1. The third-order valence-corrected chi connectivity index (χ3v) is 2.98. The lowest BCUT2D eigenvalue weighted by Crippen LogP contribution is -2.53. The zero-order valence-corrected chi connectivity index (χ0v) is 10.1. The Kier molecular flexibility index (Phi) is 5.23. The number of amides is 1. The average molecular weight is 224 g/mol. The summed E-state index contributed by atoms with van der Waals surface area (Å²) in [5.41, 5.74) is 0. The fraction of sp³-hybridized carbons (Fsp3) is 0.818. The van der Waals surface area contributed by atoms with Crippen LogP contribution < -0.4 is 5.32 Å². The first-order chi connectivity index (χ1) is 7.69. The molecule has 0 radical (unpaired) electrons. The van der Waals surface area contributed by atoms with Gasteiger partial charge in [0.15, 0.2) is 0 Å². The molecule has 1 rings (SSSR count). The number of nitrogens with one attached hydrogen (secondary N) is 1. The molecule has 0 aliphatic carbocycles. The number of carbonyl (C=O) groups is 1. The van der Waals surface area contributed by atoms with Crippen LogP contribution >= 0.6 is 0 Å². The van der Waals surface area contributed by atoms with Crippen molar-refractivity contribution in [3.8, 4) is 6.07 Å². The highest BCUT2D eigenvalue weighted by atomic mass is 16.2. The van der Waals surface area contributed by atoms with E-state index in [0.717, 1.165) is 26.2 Å². The van der Waals surface area contributed by atoms with Gasteiger partial charge < -0.3 is 5.32 Å². The number of carbonyl (C=O) groups excluding carboxylic acids is 1. The molecule has 16 heavy (non-hydrogen) atoms. The summed E-state index contributed by atoms with van der Waals surface area (Å²) in [4.78, 5) is 15.9. The van der Waals surface area contributed by atoms with Crippen LogP contribution in [0.5, 0.6) is 0 Å². The van der Waals surface area contributed by atoms with Gasteiger partial charge in [0.25, 0.3) is 0 Å². The van der Waals surface area contributed by atoms with Gasteiger partial charge in [0, 0.05) is 32.7 Å². The van der Waals surface area contributed by atoms with Gasteiger partial charge in [-0.25, -0.2) is 0 Å². The molecule has 0 bridgehead atoms. The van der Waals surface area contributed by atoms with E-state index < -0.39 is 0 Å². The highest BCUT2D eigenvalue weighted by Crippen LogP contribution is 2.05. The van der Waals surface area contributed by atoms with Crippen LogP contribution in [0.3, 0.4) is 0 Å². The third-order valence-electron chi connectivity index (χ3n) is 2.98. The van der Waals surface area contributed by atoms with Crippen LogP contribution in [0.15, 0.2) is 0 Å². The van der Waals surface area contributed by atoms with Crippen molar-refractivity contribution >= 4 is 5.91 Å². The lowest BCUT2D eigenvalue weighted by molar-refractivity contribution is -0.126. The smallest absolute Gasteiger partial charge is 0.237 e. The fourth-order valence-corrected chi connectivity index (χ4v) is 1.90. The molecule has 5 nitrogen and oxygen atoms in total. The Balaban J connectivity index is 2.35. The molecular formula is C11H20N4O. The lowest BCUT2D eigenvalue weighted by atomic mass is 10.2. The van der Waals surface area contributed by atoms with Gasteiger partial charge in [-0.05, 0) is 13.8 Å². The van der Waals surface area contributed by atoms with Gasteiger partial charge in [-0.2, -0.15) is 5.26 Å². The molecule has 0 saturated carbocycles. The van der Waals surface area contributed by atoms with Gasteiger partial charge in [0.2, 0.25) is 5.91 Å². The van der Waals surface area contributed by atoms with Crippen LogP contribution in [-0.2, 0) is 4.79 Å². The summed E-state index contributed by atoms with van der Waals surface area (Å²) in [7, 11) is 0. The predicted octanol–water partition coefficient (Wildman–Crippen LogP) is -0.348. The van der Waals surface area contributed by atoms with E-state index in [0.29, 0.717) is 13.1 Å². The molecular weight excluding hydrogens is 204 g/mol. The van der Waals surface area contributed by atoms with E-state index in [4.69, 9.17) is 5.26 Å². The van der Waals surface area contributed by atoms with Gasteiger partial charge in [0.05, 0.1) is 18.7 Å². The molecule has 1 unspecified atom stereocenters. The zero-order valence-electron chi connectivity index (χ0n) is 10.1. The first-order valence-electron chi connectivity index (χ1n) is 5.80. The molecule has 1 saturated heterocycles. The predicted molar refractivity (Wildman–Crippen MR) is 61.8 cm³/mol. The molecule has 0 spiro atoms. The maximum atomic E-state index is 11.6. The molecule has 1 amide bonds. The van der Waals surface area contributed by atoms with Crippen LogP contribution in [0, 0.1) is 11.3 Å². The molecule has 0 aromatic carbocycles. The second kappa shape index (κ2) is 6.46. The quantitative estimate of drug-likeness (QED) is 0.663. The van der Waals surface area contributed by atoms with Crippen molar-refractivity contribution in [1.29, 1.82) is 5.26 Å². The Labute approximate surface area is 97.0 Å². The summed E-state index contributed by atoms with van der Waals surface area (Å²) in [6, 6.07) is 2.09. The van der Waals surface area contributed by atoms with Crippen LogP contribution in [0.2, 0.25) is 0 Å². The van der Waals surface area contributed by atoms with Crippen molar-refractivity contribution in [3.63, 3.8) is 0 Å². The zero-order chi connectivity index (χ0) is 12.0. The number of piperazine rings is 1. The van der Waals surface area contributed by atoms with Crippen molar-refractivity contribution in [1.82, 2.24) is 15.1 Å². The maximum Gasteiger partial charge on any atom is 0.237 e. The standard InChI is InChI=1S/C11H20N4O/c1-3-13-11(16)10(2)15-8-6-14(5-4-12)7-9-15/h10H,3,5-9H2,1-2H3,(H,13,16). The largest absolute Gasteiger partial charge is 0.355 e. The minimum atomic E-state index is -0.0656. The number of nitrogens with zero attached hydrogens (tertiary/aromatic N) is 3. The van der Waals surface area contributed by atoms with E-state index >= 15 is 0 Å². The molecule has 1 aliphatic heterocycles. The lowest BCUT2D eigenvalue weighted by Gasteiger charge is -2.36. The summed E-state index contributed by atoms with van der Waals surface area (Å²) in [5.74, 6) is 0.0937. The maximum absolute atomic E-state index is 11.6. The molecule has 90 valence electrons. The summed E-state index contributed by atoms with van der Waals surface area (Å²) >= 11 is 0. The van der Waals surface area contributed by atoms with Crippen molar-refractivity contribution in [2.75, 3.05) is 39.3 Å². The Morgan fingerprint density at radius 2 is 2.06 bits per heavy atom. The molecule has 5 heteroatoms. The number of nitriles is 1. The van der Waals surface area contributed by atoms with Gasteiger partial charge >= 0.3 is 0 Å². The Bertz CT molecular complexity index is 266. The van der Waals surface area contributed by atoms with Crippen LogP contribution in [-0.4, -0.2) is 61.0 Å². The van der Waals surface area contributed by atoms with Gasteiger partial charge in [-0.1, -0.05) is 0 Å². The van der Waals surface area contributed by atoms with Crippen molar-refractivity contribution in [3.05, 3.63) is 0 Å². The summed E-state index contributed by atoms with van der Waals surface area (Å²) < 4.78 is 0. The minimum absolute atomic E-state index is 0.0656. The summed E-state index contributed by atoms with van der Waals surface area (Å²) in [6.07, 6.45) is 0. The first kappa shape index (κ1) is 12.9. The highest BCUT2D eigenvalue weighted by molar-refractivity contribution is 5.81. The second-order valence-electron chi connectivity index (χ2n) is 4.04. The molecule has 0 aromatic heterocycles. The van der Waals surface area contributed by atoms with E-state index in [-0.39, 0.29) is 11.9 Å². The molecule has 1 fully saturated rings. The molecule has 1 atom stereocenters. The number of hydrogen-bond donors (Lipinski definition) is 1. The Hall–Kier alpha value is -1.12. The van der Waals surface area contributed by atoms with E-state index in [1.807, 2.05) is 13.8 Å². The van der Waals surface area contributed by atoms with E-state index in [2.05, 4.69) is 21.2 Å². The van der Waals surface area contributed by atoms with Gasteiger partial charge in [-0.15, -0.1) is 0 Å². The summed E-state index contributed by atoms with van der Waals surface area (Å²) in [5, 5.41) is 11.4. The summed E-state index contributed by atoms with van der Waals surface area (Å²) in [6.45, 7) is 8.50. The normalized spacial score (nSPS) is 20.1. The van der Waals surface area contributed by atoms with Gasteiger partial charge in [-0.3, -0.25) is 14.6 Å². The monoisotopic (exact) mass is 224 g/mol. The third kappa shape index (κ3) is 3.47. The fourth-order valence-electron chi connectivity index (χ4n) is 1.90. The van der Waals surface area contributed by atoms with Gasteiger partial charge in [0.1, 0.15) is 0 Å². The topological polar surface area (TPSA) is 59.4 Å². The molecule has 1 aliphatic rings. The van der Waals surface area contributed by atoms with Crippen LogP contribution in [0.1, 0.15) is 13.8 Å². The highest BCUT2D eigenvalue weighted by Gasteiger charge is 2.24. The molecule has 1 heterocycles. The van der Waals surface area contributed by atoms with E-state index in [1.54, 1.807) is 0 Å². The van der Waals surface area contributed by atoms with Crippen molar-refractivity contribution in [2.24, 2.45) is 0 Å². The van der Waals surface area contributed by atoms with E-state index in [1.165, 1.54) is 0 Å². The number of hydrogen-bond acceptors (Lipinski definition) is 4. The Morgan fingerprint density at radius 3 is 2.56 bits per heavy atom. The SMILES string of the molecule is CCNC(=O)C(C)N1CCN(CC#N)CC1. The van der Waals surface area contributed by atoms with Crippen LogP contribution in [0.25, 0.3) is 0 Å². The minimum Gasteiger partial charge on any atom is -0.355 e. The van der Waals surface area contributed by atoms with Crippen LogP contribution in [0.4, 0.5) is 0 Å². The molecule has 0 aromatic rings.